The van der Waals surface area contributed by atoms with Crippen LogP contribution >= 0.6 is 24.0 Å². The summed E-state index contributed by atoms with van der Waals surface area (Å²) in [5, 5.41) is 6.43. The van der Waals surface area contributed by atoms with E-state index in [0.29, 0.717) is 35.4 Å². The zero-order valence-corrected chi connectivity index (χ0v) is 12.4. The SMILES string of the molecule is Cl.O=C(Nc1cc2c(cc1Cl)OCCO2)C1CCCN1. The van der Waals surface area contributed by atoms with Crippen LogP contribution in [0.5, 0.6) is 11.5 Å². The molecule has 2 heterocycles. The Hall–Kier alpha value is -1.17. The maximum absolute atomic E-state index is 12.0. The molecule has 2 N–H and O–H groups in total. The number of carbonyl (C=O) groups is 1. The molecule has 1 aromatic carbocycles. The van der Waals surface area contributed by atoms with Crippen LogP contribution in [0.1, 0.15) is 12.8 Å². The van der Waals surface area contributed by atoms with Gasteiger partial charge in [-0.2, -0.15) is 0 Å². The van der Waals surface area contributed by atoms with E-state index in [0.717, 1.165) is 19.4 Å². The Kier molecular flexibility index (Phi) is 4.96. The van der Waals surface area contributed by atoms with Gasteiger partial charge in [-0.1, -0.05) is 11.6 Å². The molecule has 0 saturated carbocycles. The van der Waals surface area contributed by atoms with Crippen LogP contribution in [0.3, 0.4) is 0 Å². The van der Waals surface area contributed by atoms with Crippen molar-refractivity contribution < 1.29 is 14.3 Å². The van der Waals surface area contributed by atoms with Crippen molar-refractivity contribution in [2.75, 3.05) is 25.1 Å². The molecule has 1 amide bonds. The molecular formula is C13H16Cl2N2O3. The summed E-state index contributed by atoms with van der Waals surface area (Å²) >= 11 is 6.14. The predicted molar refractivity (Wildman–Crippen MR) is 79.3 cm³/mol. The summed E-state index contributed by atoms with van der Waals surface area (Å²) < 4.78 is 10.9. The number of nitrogens with one attached hydrogen (secondary N) is 2. The summed E-state index contributed by atoms with van der Waals surface area (Å²) in [6, 6.07) is 3.25. The average molecular weight is 319 g/mol. The fraction of sp³-hybridized carbons (Fsp3) is 0.462. The van der Waals surface area contributed by atoms with Crippen LogP contribution in [0.25, 0.3) is 0 Å². The third-order valence-corrected chi connectivity index (χ3v) is 3.58. The van der Waals surface area contributed by atoms with Crippen molar-refractivity contribution in [1.82, 2.24) is 5.32 Å². The number of hydrogen-bond donors (Lipinski definition) is 2. The fourth-order valence-corrected chi connectivity index (χ4v) is 2.49. The van der Waals surface area contributed by atoms with E-state index in [1.54, 1.807) is 12.1 Å². The Morgan fingerprint density at radius 3 is 2.65 bits per heavy atom. The maximum Gasteiger partial charge on any atom is 0.241 e. The van der Waals surface area contributed by atoms with Gasteiger partial charge in [-0.25, -0.2) is 0 Å². The molecule has 0 bridgehead atoms. The first-order valence-corrected chi connectivity index (χ1v) is 6.75. The van der Waals surface area contributed by atoms with E-state index in [1.807, 2.05) is 0 Å². The molecule has 20 heavy (non-hydrogen) atoms. The molecule has 5 nitrogen and oxygen atoms in total. The molecule has 1 saturated heterocycles. The molecule has 7 heteroatoms. The lowest BCUT2D eigenvalue weighted by Gasteiger charge is -2.20. The van der Waals surface area contributed by atoms with E-state index < -0.39 is 0 Å². The molecule has 2 aliphatic rings. The van der Waals surface area contributed by atoms with Gasteiger partial charge in [0.05, 0.1) is 16.8 Å². The monoisotopic (exact) mass is 318 g/mol. The third-order valence-electron chi connectivity index (χ3n) is 3.27. The van der Waals surface area contributed by atoms with E-state index in [-0.39, 0.29) is 24.4 Å². The van der Waals surface area contributed by atoms with Crippen LogP contribution in [0.2, 0.25) is 5.02 Å². The van der Waals surface area contributed by atoms with Gasteiger partial charge in [0.15, 0.2) is 11.5 Å². The fourth-order valence-electron chi connectivity index (χ4n) is 2.29. The zero-order chi connectivity index (χ0) is 13.2. The molecule has 1 unspecified atom stereocenters. The molecule has 2 aliphatic heterocycles. The number of hydrogen-bond acceptors (Lipinski definition) is 4. The Morgan fingerprint density at radius 2 is 2.00 bits per heavy atom. The van der Waals surface area contributed by atoms with Crippen molar-refractivity contribution >= 4 is 35.6 Å². The first-order chi connectivity index (χ1) is 9.24. The number of amides is 1. The van der Waals surface area contributed by atoms with Crippen molar-refractivity contribution in [2.24, 2.45) is 0 Å². The molecule has 0 radical (unpaired) electrons. The van der Waals surface area contributed by atoms with Crippen LogP contribution in [0.15, 0.2) is 12.1 Å². The molecule has 1 atom stereocenters. The molecule has 1 fully saturated rings. The minimum absolute atomic E-state index is 0. The van der Waals surface area contributed by atoms with Gasteiger partial charge in [-0.15, -0.1) is 12.4 Å². The second kappa shape index (κ2) is 6.52. The zero-order valence-electron chi connectivity index (χ0n) is 10.8. The Bertz CT molecular complexity index is 505. The van der Waals surface area contributed by atoms with Gasteiger partial charge < -0.3 is 20.1 Å². The molecule has 0 spiro atoms. The predicted octanol–water partition coefficient (Wildman–Crippen LogP) is 2.22. The van der Waals surface area contributed by atoms with Crippen LogP contribution in [0, 0.1) is 0 Å². The van der Waals surface area contributed by atoms with Crippen LogP contribution in [-0.4, -0.2) is 31.7 Å². The van der Waals surface area contributed by atoms with Crippen molar-refractivity contribution in [1.29, 1.82) is 0 Å². The van der Waals surface area contributed by atoms with E-state index in [2.05, 4.69) is 10.6 Å². The van der Waals surface area contributed by atoms with E-state index in [4.69, 9.17) is 21.1 Å². The van der Waals surface area contributed by atoms with Gasteiger partial charge in [0.2, 0.25) is 5.91 Å². The largest absolute Gasteiger partial charge is 0.486 e. The Labute approximate surface area is 128 Å². The first-order valence-electron chi connectivity index (χ1n) is 6.37. The lowest BCUT2D eigenvalue weighted by Crippen LogP contribution is -2.35. The van der Waals surface area contributed by atoms with Crippen molar-refractivity contribution in [3.63, 3.8) is 0 Å². The summed E-state index contributed by atoms with van der Waals surface area (Å²) in [7, 11) is 0. The summed E-state index contributed by atoms with van der Waals surface area (Å²) in [6.07, 6.45) is 1.88. The Morgan fingerprint density at radius 1 is 1.30 bits per heavy atom. The van der Waals surface area contributed by atoms with Gasteiger partial charge >= 0.3 is 0 Å². The normalized spacial score (nSPS) is 20.1. The number of benzene rings is 1. The van der Waals surface area contributed by atoms with Gasteiger partial charge in [0, 0.05) is 12.1 Å². The van der Waals surface area contributed by atoms with Gasteiger partial charge in [0.25, 0.3) is 0 Å². The van der Waals surface area contributed by atoms with Gasteiger partial charge in [-0.3, -0.25) is 4.79 Å². The van der Waals surface area contributed by atoms with Crippen LogP contribution in [-0.2, 0) is 4.79 Å². The summed E-state index contributed by atoms with van der Waals surface area (Å²) in [6.45, 7) is 1.90. The lowest BCUT2D eigenvalue weighted by molar-refractivity contribution is -0.117. The molecular weight excluding hydrogens is 303 g/mol. The third kappa shape index (κ3) is 3.11. The topological polar surface area (TPSA) is 59.6 Å². The highest BCUT2D eigenvalue weighted by Gasteiger charge is 2.23. The smallest absolute Gasteiger partial charge is 0.241 e. The number of fused-ring (bicyclic) bond motifs is 1. The average Bonchev–Trinajstić information content (AvgIpc) is 2.93. The number of rotatable bonds is 2. The summed E-state index contributed by atoms with van der Waals surface area (Å²) in [4.78, 5) is 12.0. The first kappa shape index (κ1) is 15.2. The second-order valence-corrected chi connectivity index (χ2v) is 5.02. The second-order valence-electron chi connectivity index (χ2n) is 4.61. The quantitative estimate of drug-likeness (QED) is 0.878. The van der Waals surface area contributed by atoms with E-state index in [1.165, 1.54) is 0 Å². The van der Waals surface area contributed by atoms with Crippen LogP contribution < -0.4 is 20.1 Å². The van der Waals surface area contributed by atoms with E-state index in [9.17, 15) is 4.79 Å². The highest BCUT2D eigenvalue weighted by molar-refractivity contribution is 6.34. The number of halogens is 2. The van der Waals surface area contributed by atoms with Crippen molar-refractivity contribution in [3.05, 3.63) is 17.2 Å². The Balaban J connectivity index is 0.00000147. The highest BCUT2D eigenvalue weighted by Crippen LogP contribution is 2.38. The number of anilines is 1. The van der Waals surface area contributed by atoms with Crippen molar-refractivity contribution in [3.8, 4) is 11.5 Å². The van der Waals surface area contributed by atoms with Crippen molar-refractivity contribution in [2.45, 2.75) is 18.9 Å². The number of carbonyl (C=O) groups excluding carboxylic acids is 1. The highest BCUT2D eigenvalue weighted by atomic mass is 35.5. The lowest BCUT2D eigenvalue weighted by atomic mass is 10.2. The summed E-state index contributed by atoms with van der Waals surface area (Å²) in [5.74, 6) is 1.18. The van der Waals surface area contributed by atoms with Gasteiger partial charge in [0.1, 0.15) is 13.2 Å². The maximum atomic E-state index is 12.0. The van der Waals surface area contributed by atoms with E-state index >= 15 is 0 Å². The minimum Gasteiger partial charge on any atom is -0.486 e. The minimum atomic E-state index is -0.135. The molecule has 0 aromatic heterocycles. The van der Waals surface area contributed by atoms with Gasteiger partial charge in [-0.05, 0) is 19.4 Å². The molecule has 1 aromatic rings. The molecule has 0 aliphatic carbocycles. The van der Waals surface area contributed by atoms with Crippen LogP contribution in [0.4, 0.5) is 5.69 Å². The molecule has 3 rings (SSSR count). The standard InChI is InChI=1S/C13H15ClN2O3.ClH/c14-8-6-11-12(19-5-4-18-11)7-10(8)16-13(17)9-2-1-3-15-9;/h6-7,9,15H,1-5H2,(H,16,17);1H. The summed E-state index contributed by atoms with van der Waals surface area (Å²) in [5.41, 5.74) is 0.560. The molecule has 110 valence electrons. The number of ether oxygens (including phenoxy) is 2.